The molecular weight excluding hydrogens is 306 g/mol. The molecule has 0 atom stereocenters. The third kappa shape index (κ3) is 3.79. The van der Waals surface area contributed by atoms with E-state index in [-0.39, 0.29) is 0 Å². The fraction of sp³-hybridized carbons (Fsp3) is 0.500. The molecule has 0 aliphatic carbocycles. The Labute approximate surface area is 134 Å². The summed E-state index contributed by atoms with van der Waals surface area (Å²) < 4.78 is 12.8. The summed E-state index contributed by atoms with van der Waals surface area (Å²) in [6.07, 6.45) is 0. The van der Waals surface area contributed by atoms with Gasteiger partial charge >= 0.3 is 0 Å². The zero-order valence-electron chi connectivity index (χ0n) is 13.0. The first-order chi connectivity index (χ1) is 10.7. The zero-order chi connectivity index (χ0) is 15.9. The molecule has 0 spiro atoms. The summed E-state index contributed by atoms with van der Waals surface area (Å²) >= 11 is 6.29. The van der Waals surface area contributed by atoms with Gasteiger partial charge in [-0.05, 0) is 48.9 Å². The molecule has 120 valence electrons. The van der Waals surface area contributed by atoms with E-state index in [1.807, 2.05) is 32.9 Å². The number of nitrogens with zero attached hydrogens (tertiary/aromatic N) is 4. The second-order valence-electron chi connectivity index (χ2n) is 4.44. The molecule has 22 heavy (non-hydrogen) atoms. The Balaban J connectivity index is 2.17. The molecule has 2 aromatic rings. The highest BCUT2D eigenvalue weighted by Crippen LogP contribution is 2.36. The first-order valence-corrected chi connectivity index (χ1v) is 7.65. The highest BCUT2D eigenvalue weighted by molar-refractivity contribution is 6.32. The van der Waals surface area contributed by atoms with Crippen LogP contribution < -0.4 is 14.8 Å². The van der Waals surface area contributed by atoms with Gasteiger partial charge < -0.3 is 14.8 Å². The maximum Gasteiger partial charge on any atom is 0.243 e. The van der Waals surface area contributed by atoms with E-state index in [1.54, 1.807) is 4.68 Å². The van der Waals surface area contributed by atoms with Crippen molar-refractivity contribution in [3.05, 3.63) is 22.7 Å². The fourth-order valence-corrected chi connectivity index (χ4v) is 2.28. The third-order valence-corrected chi connectivity index (χ3v) is 3.22. The predicted octanol–water partition coefficient (Wildman–Crippen LogP) is 2.76. The zero-order valence-corrected chi connectivity index (χ0v) is 13.7. The van der Waals surface area contributed by atoms with Gasteiger partial charge in [-0.15, -0.1) is 0 Å². The topological polar surface area (TPSA) is 74.1 Å². The Morgan fingerprint density at radius 2 is 1.95 bits per heavy atom. The lowest BCUT2D eigenvalue weighted by atomic mass is 10.2. The molecule has 0 bridgehead atoms. The predicted molar refractivity (Wildman–Crippen MR) is 84.6 cm³/mol. The summed E-state index contributed by atoms with van der Waals surface area (Å²) in [5.74, 6) is 1.84. The number of tetrazole rings is 1. The minimum absolute atomic E-state index is 0.527. The maximum absolute atomic E-state index is 6.29. The van der Waals surface area contributed by atoms with Crippen LogP contribution in [0.2, 0.25) is 5.02 Å². The van der Waals surface area contributed by atoms with E-state index >= 15 is 0 Å². The average Bonchev–Trinajstić information content (AvgIpc) is 2.96. The van der Waals surface area contributed by atoms with Crippen LogP contribution in [-0.2, 0) is 13.1 Å². The summed E-state index contributed by atoms with van der Waals surface area (Å²) in [5, 5.41) is 15.2. The van der Waals surface area contributed by atoms with Crippen LogP contribution in [0.3, 0.4) is 0 Å². The van der Waals surface area contributed by atoms with E-state index in [0.717, 1.165) is 5.56 Å². The molecule has 0 amide bonds. The Morgan fingerprint density at radius 1 is 1.18 bits per heavy atom. The summed E-state index contributed by atoms with van der Waals surface area (Å²) in [6.45, 7) is 8.11. The second-order valence-corrected chi connectivity index (χ2v) is 4.85. The summed E-state index contributed by atoms with van der Waals surface area (Å²) in [6, 6.07) is 3.76. The van der Waals surface area contributed by atoms with Crippen molar-refractivity contribution in [2.75, 3.05) is 18.5 Å². The molecule has 8 heteroatoms. The molecule has 1 aromatic carbocycles. The lowest BCUT2D eigenvalue weighted by Gasteiger charge is -2.14. The van der Waals surface area contributed by atoms with Gasteiger partial charge in [-0.2, -0.15) is 0 Å². The van der Waals surface area contributed by atoms with E-state index in [2.05, 4.69) is 20.8 Å². The molecule has 2 rings (SSSR count). The van der Waals surface area contributed by atoms with Crippen LogP contribution in [0.1, 0.15) is 26.3 Å². The largest absolute Gasteiger partial charge is 0.490 e. The van der Waals surface area contributed by atoms with E-state index in [0.29, 0.717) is 48.8 Å². The number of nitrogens with one attached hydrogen (secondary N) is 1. The molecule has 0 saturated carbocycles. The number of hydrogen-bond acceptors (Lipinski definition) is 6. The van der Waals surface area contributed by atoms with Gasteiger partial charge in [-0.3, -0.25) is 0 Å². The highest BCUT2D eigenvalue weighted by Gasteiger charge is 2.13. The Hall–Kier alpha value is -2.02. The van der Waals surface area contributed by atoms with Crippen LogP contribution >= 0.6 is 11.6 Å². The molecule has 1 heterocycles. The normalized spacial score (nSPS) is 10.5. The molecule has 0 aliphatic heterocycles. The van der Waals surface area contributed by atoms with Gasteiger partial charge in [-0.25, -0.2) is 4.68 Å². The van der Waals surface area contributed by atoms with E-state index in [9.17, 15) is 0 Å². The van der Waals surface area contributed by atoms with Crippen LogP contribution in [0.4, 0.5) is 5.95 Å². The summed E-state index contributed by atoms with van der Waals surface area (Å²) in [4.78, 5) is 0. The standard InChI is InChI=1S/C14H20ClN5O2/c1-4-20-14(17-18-19-20)16-9-10-7-11(15)13(22-6-3)12(8-10)21-5-2/h7-8H,4-6,9H2,1-3H3,(H,16,17,19). The van der Waals surface area contributed by atoms with Gasteiger partial charge in [0.25, 0.3) is 0 Å². The van der Waals surface area contributed by atoms with Gasteiger partial charge in [0.05, 0.1) is 18.2 Å². The van der Waals surface area contributed by atoms with Crippen LogP contribution in [0.15, 0.2) is 12.1 Å². The Bertz CT molecular complexity index is 617. The van der Waals surface area contributed by atoms with Crippen molar-refractivity contribution >= 4 is 17.5 Å². The number of rotatable bonds is 8. The third-order valence-electron chi connectivity index (χ3n) is 2.94. The van der Waals surface area contributed by atoms with Crippen molar-refractivity contribution in [3.8, 4) is 11.5 Å². The lowest BCUT2D eigenvalue weighted by molar-refractivity contribution is 0.287. The number of halogens is 1. The maximum atomic E-state index is 6.29. The summed E-state index contributed by atoms with van der Waals surface area (Å²) in [7, 11) is 0. The van der Waals surface area contributed by atoms with Crippen LogP contribution in [0, 0.1) is 0 Å². The first-order valence-electron chi connectivity index (χ1n) is 7.27. The average molecular weight is 326 g/mol. The molecule has 0 fully saturated rings. The SMILES string of the molecule is CCOc1cc(CNc2nnnn2CC)cc(Cl)c1OCC. The Morgan fingerprint density at radius 3 is 2.64 bits per heavy atom. The molecule has 0 aliphatic rings. The Kier molecular flexibility index (Phi) is 5.83. The number of anilines is 1. The van der Waals surface area contributed by atoms with Crippen molar-refractivity contribution in [3.63, 3.8) is 0 Å². The van der Waals surface area contributed by atoms with Gasteiger partial charge in [0.1, 0.15) is 0 Å². The van der Waals surface area contributed by atoms with Gasteiger partial charge in [0, 0.05) is 13.1 Å². The van der Waals surface area contributed by atoms with Gasteiger partial charge in [0.15, 0.2) is 11.5 Å². The van der Waals surface area contributed by atoms with Gasteiger partial charge in [-0.1, -0.05) is 16.7 Å². The summed E-state index contributed by atoms with van der Waals surface area (Å²) in [5.41, 5.74) is 0.961. The van der Waals surface area contributed by atoms with Gasteiger partial charge in [0.2, 0.25) is 5.95 Å². The number of aromatic nitrogens is 4. The molecule has 7 nitrogen and oxygen atoms in total. The van der Waals surface area contributed by atoms with E-state index < -0.39 is 0 Å². The van der Waals surface area contributed by atoms with Crippen LogP contribution in [0.5, 0.6) is 11.5 Å². The number of aryl methyl sites for hydroxylation is 1. The van der Waals surface area contributed by atoms with Crippen LogP contribution in [-0.4, -0.2) is 33.4 Å². The van der Waals surface area contributed by atoms with E-state index in [4.69, 9.17) is 21.1 Å². The van der Waals surface area contributed by atoms with Crippen molar-refractivity contribution in [2.24, 2.45) is 0 Å². The van der Waals surface area contributed by atoms with E-state index in [1.165, 1.54) is 0 Å². The van der Waals surface area contributed by atoms with Crippen molar-refractivity contribution in [1.82, 2.24) is 20.2 Å². The monoisotopic (exact) mass is 325 g/mol. The number of benzene rings is 1. The molecule has 1 N–H and O–H groups in total. The fourth-order valence-electron chi connectivity index (χ4n) is 2.00. The second kappa shape index (κ2) is 7.84. The molecule has 0 unspecified atom stereocenters. The molecule has 1 aromatic heterocycles. The lowest BCUT2D eigenvalue weighted by Crippen LogP contribution is -2.08. The quantitative estimate of drug-likeness (QED) is 0.804. The number of ether oxygens (including phenoxy) is 2. The first kappa shape index (κ1) is 16.4. The minimum atomic E-state index is 0.527. The smallest absolute Gasteiger partial charge is 0.243 e. The van der Waals surface area contributed by atoms with Crippen molar-refractivity contribution in [1.29, 1.82) is 0 Å². The minimum Gasteiger partial charge on any atom is -0.490 e. The number of hydrogen-bond donors (Lipinski definition) is 1. The van der Waals surface area contributed by atoms with Crippen molar-refractivity contribution < 1.29 is 9.47 Å². The molecule has 0 radical (unpaired) electrons. The highest BCUT2D eigenvalue weighted by atomic mass is 35.5. The molecular formula is C14H20ClN5O2. The molecule has 0 saturated heterocycles. The van der Waals surface area contributed by atoms with Crippen LogP contribution in [0.25, 0.3) is 0 Å². The van der Waals surface area contributed by atoms with Crippen molar-refractivity contribution in [2.45, 2.75) is 33.9 Å².